The van der Waals surface area contributed by atoms with Crippen LogP contribution in [-0.2, 0) is 10.2 Å². The molecule has 2 rings (SSSR count). The molecule has 134 valence electrons. The van der Waals surface area contributed by atoms with Gasteiger partial charge < -0.3 is 10.1 Å². The number of benzene rings is 2. The first-order valence-corrected chi connectivity index (χ1v) is 8.81. The lowest BCUT2D eigenvalue weighted by Gasteiger charge is -2.22. The van der Waals surface area contributed by atoms with Crippen LogP contribution in [0.15, 0.2) is 48.5 Å². The van der Waals surface area contributed by atoms with Crippen molar-refractivity contribution in [2.75, 3.05) is 0 Å². The van der Waals surface area contributed by atoms with Crippen molar-refractivity contribution >= 4 is 5.91 Å². The number of ether oxygens (including phenoxy) is 1. The summed E-state index contributed by atoms with van der Waals surface area (Å²) in [6.45, 7) is 12.3. The standard InChI is InChI=1S/C22H29NO2/c1-15-9-7-8-10-20(15)25-17(3)21(24)23-16(2)18-11-13-19(14-12-18)22(4,5)6/h7-14,16-17H,1-6H3,(H,23,24)/t16-,17+/m0/s1. The van der Waals surface area contributed by atoms with E-state index in [-0.39, 0.29) is 17.4 Å². The summed E-state index contributed by atoms with van der Waals surface area (Å²) in [5.74, 6) is 0.628. The van der Waals surface area contributed by atoms with Gasteiger partial charge >= 0.3 is 0 Å². The molecule has 0 radical (unpaired) electrons. The second-order valence-electron chi connectivity index (χ2n) is 7.63. The molecular formula is C22H29NO2. The SMILES string of the molecule is Cc1ccccc1O[C@H](C)C(=O)N[C@@H](C)c1ccc(C(C)(C)C)cc1. The number of nitrogens with one attached hydrogen (secondary N) is 1. The third-order valence-corrected chi connectivity index (χ3v) is 4.40. The van der Waals surface area contributed by atoms with Crippen LogP contribution in [0.2, 0.25) is 0 Å². The van der Waals surface area contributed by atoms with Crippen molar-refractivity contribution in [3.05, 3.63) is 65.2 Å². The molecule has 0 saturated carbocycles. The van der Waals surface area contributed by atoms with Crippen LogP contribution in [0.1, 0.15) is 57.4 Å². The van der Waals surface area contributed by atoms with E-state index in [1.165, 1.54) is 5.56 Å². The fourth-order valence-corrected chi connectivity index (χ4v) is 2.62. The van der Waals surface area contributed by atoms with Crippen molar-refractivity contribution in [2.24, 2.45) is 0 Å². The van der Waals surface area contributed by atoms with Gasteiger partial charge in [-0.1, -0.05) is 63.2 Å². The second kappa shape index (κ2) is 7.73. The molecule has 0 aliphatic rings. The van der Waals surface area contributed by atoms with Crippen LogP contribution in [0.25, 0.3) is 0 Å². The molecule has 0 aromatic heterocycles. The molecule has 0 fully saturated rings. The maximum atomic E-state index is 12.4. The predicted molar refractivity (Wildman–Crippen MR) is 103 cm³/mol. The Kier molecular flexibility index (Phi) is 5.89. The van der Waals surface area contributed by atoms with Crippen molar-refractivity contribution < 1.29 is 9.53 Å². The largest absolute Gasteiger partial charge is 0.481 e. The number of hydrogen-bond acceptors (Lipinski definition) is 2. The molecule has 2 atom stereocenters. The maximum absolute atomic E-state index is 12.4. The summed E-state index contributed by atoms with van der Waals surface area (Å²) in [6.07, 6.45) is -0.544. The Morgan fingerprint density at radius 2 is 1.60 bits per heavy atom. The van der Waals surface area contributed by atoms with Crippen molar-refractivity contribution in [1.82, 2.24) is 5.32 Å². The van der Waals surface area contributed by atoms with Crippen LogP contribution in [-0.4, -0.2) is 12.0 Å². The van der Waals surface area contributed by atoms with Gasteiger partial charge in [0.2, 0.25) is 0 Å². The Morgan fingerprint density at radius 1 is 1.00 bits per heavy atom. The van der Waals surface area contributed by atoms with Crippen LogP contribution in [0.3, 0.4) is 0 Å². The zero-order valence-corrected chi connectivity index (χ0v) is 16.1. The van der Waals surface area contributed by atoms with Crippen LogP contribution in [0, 0.1) is 6.92 Å². The van der Waals surface area contributed by atoms with Crippen LogP contribution in [0.4, 0.5) is 0 Å². The number of carbonyl (C=O) groups is 1. The van der Waals surface area contributed by atoms with E-state index in [0.717, 1.165) is 16.9 Å². The van der Waals surface area contributed by atoms with Crippen molar-refractivity contribution in [1.29, 1.82) is 0 Å². The van der Waals surface area contributed by atoms with Gasteiger partial charge in [0.25, 0.3) is 5.91 Å². The summed E-state index contributed by atoms with van der Waals surface area (Å²) in [7, 11) is 0. The first-order valence-electron chi connectivity index (χ1n) is 8.81. The number of hydrogen-bond donors (Lipinski definition) is 1. The molecule has 0 bridgehead atoms. The minimum Gasteiger partial charge on any atom is -0.481 e. The first kappa shape index (κ1) is 19.0. The number of para-hydroxylation sites is 1. The highest BCUT2D eigenvalue weighted by Crippen LogP contribution is 2.24. The van der Waals surface area contributed by atoms with E-state index < -0.39 is 6.10 Å². The Balaban J connectivity index is 1.98. The van der Waals surface area contributed by atoms with Gasteiger partial charge in [-0.3, -0.25) is 4.79 Å². The lowest BCUT2D eigenvalue weighted by molar-refractivity contribution is -0.127. The summed E-state index contributed by atoms with van der Waals surface area (Å²) in [5.41, 5.74) is 3.52. The Morgan fingerprint density at radius 3 is 2.16 bits per heavy atom. The topological polar surface area (TPSA) is 38.3 Å². The van der Waals surface area contributed by atoms with Crippen LogP contribution >= 0.6 is 0 Å². The molecule has 0 heterocycles. The highest BCUT2D eigenvalue weighted by molar-refractivity contribution is 5.81. The molecule has 0 aliphatic carbocycles. The fourth-order valence-electron chi connectivity index (χ4n) is 2.62. The van der Waals surface area contributed by atoms with Gasteiger partial charge in [0.05, 0.1) is 6.04 Å². The lowest BCUT2D eigenvalue weighted by atomic mass is 9.86. The summed E-state index contributed by atoms with van der Waals surface area (Å²) in [4.78, 5) is 12.4. The molecule has 0 spiro atoms. The smallest absolute Gasteiger partial charge is 0.261 e. The van der Waals surface area contributed by atoms with E-state index in [1.807, 2.05) is 38.1 Å². The quantitative estimate of drug-likeness (QED) is 0.838. The maximum Gasteiger partial charge on any atom is 0.261 e. The Bertz CT molecular complexity index is 714. The van der Waals surface area contributed by atoms with E-state index in [0.29, 0.717) is 0 Å². The van der Waals surface area contributed by atoms with Crippen molar-refractivity contribution in [3.8, 4) is 5.75 Å². The predicted octanol–water partition coefficient (Wildman–Crippen LogP) is 4.94. The van der Waals surface area contributed by atoms with Crippen LogP contribution < -0.4 is 10.1 Å². The first-order chi connectivity index (χ1) is 11.7. The Labute approximate surface area is 151 Å². The zero-order valence-electron chi connectivity index (χ0n) is 16.1. The van der Waals surface area contributed by atoms with Crippen molar-refractivity contribution in [3.63, 3.8) is 0 Å². The molecule has 0 saturated heterocycles. The molecule has 0 unspecified atom stereocenters. The lowest BCUT2D eigenvalue weighted by Crippen LogP contribution is -2.37. The number of amides is 1. The summed E-state index contributed by atoms with van der Waals surface area (Å²) < 4.78 is 5.80. The third-order valence-electron chi connectivity index (χ3n) is 4.40. The summed E-state index contributed by atoms with van der Waals surface area (Å²) >= 11 is 0. The van der Waals surface area contributed by atoms with Gasteiger partial charge in [0.1, 0.15) is 5.75 Å². The monoisotopic (exact) mass is 339 g/mol. The van der Waals surface area contributed by atoms with Gasteiger partial charge in [-0.05, 0) is 48.9 Å². The van der Waals surface area contributed by atoms with Gasteiger partial charge in [0.15, 0.2) is 6.10 Å². The van der Waals surface area contributed by atoms with E-state index in [9.17, 15) is 4.79 Å². The van der Waals surface area contributed by atoms with E-state index in [2.05, 4.69) is 50.4 Å². The normalized spacial score (nSPS) is 13.8. The van der Waals surface area contributed by atoms with Gasteiger partial charge in [-0.25, -0.2) is 0 Å². The molecule has 3 heteroatoms. The molecule has 2 aromatic carbocycles. The molecule has 2 aromatic rings. The van der Waals surface area contributed by atoms with E-state index >= 15 is 0 Å². The average Bonchev–Trinajstić information content (AvgIpc) is 2.56. The fraction of sp³-hybridized carbons (Fsp3) is 0.409. The van der Waals surface area contributed by atoms with Gasteiger partial charge in [0, 0.05) is 0 Å². The minimum absolute atomic E-state index is 0.0653. The number of aryl methyl sites for hydroxylation is 1. The van der Waals surface area contributed by atoms with Gasteiger partial charge in [-0.15, -0.1) is 0 Å². The number of carbonyl (C=O) groups excluding carboxylic acids is 1. The van der Waals surface area contributed by atoms with Crippen molar-refractivity contribution in [2.45, 2.75) is 59.1 Å². The minimum atomic E-state index is -0.544. The number of rotatable bonds is 5. The van der Waals surface area contributed by atoms with E-state index in [4.69, 9.17) is 4.74 Å². The molecule has 0 aliphatic heterocycles. The average molecular weight is 339 g/mol. The molecular weight excluding hydrogens is 310 g/mol. The third kappa shape index (κ3) is 5.09. The highest BCUT2D eigenvalue weighted by atomic mass is 16.5. The molecule has 25 heavy (non-hydrogen) atoms. The van der Waals surface area contributed by atoms with Gasteiger partial charge in [-0.2, -0.15) is 0 Å². The molecule has 1 amide bonds. The summed E-state index contributed by atoms with van der Waals surface area (Å²) in [5, 5.41) is 3.03. The Hall–Kier alpha value is -2.29. The van der Waals surface area contributed by atoms with Crippen LogP contribution in [0.5, 0.6) is 5.75 Å². The molecule has 3 nitrogen and oxygen atoms in total. The zero-order chi connectivity index (χ0) is 18.6. The second-order valence-corrected chi connectivity index (χ2v) is 7.63. The molecule has 1 N–H and O–H groups in total. The summed E-state index contributed by atoms with van der Waals surface area (Å²) in [6, 6.07) is 16.1. The van der Waals surface area contributed by atoms with E-state index in [1.54, 1.807) is 6.92 Å². The highest BCUT2D eigenvalue weighted by Gasteiger charge is 2.19.